The second-order valence-electron chi connectivity index (χ2n) is 4.87. The summed E-state index contributed by atoms with van der Waals surface area (Å²) in [4.78, 5) is 15.7. The van der Waals surface area contributed by atoms with E-state index in [0.717, 1.165) is 5.69 Å². The molecule has 0 radical (unpaired) electrons. The van der Waals surface area contributed by atoms with Crippen molar-refractivity contribution in [1.29, 1.82) is 0 Å². The first kappa shape index (κ1) is 13.0. The third-order valence-electron chi connectivity index (χ3n) is 3.31. The number of carboxylic acids is 1. The van der Waals surface area contributed by atoms with Crippen LogP contribution in [0, 0.1) is 12.3 Å². The normalized spacial score (nSPS) is 26.1. The summed E-state index contributed by atoms with van der Waals surface area (Å²) in [6, 6.07) is 5.36. The molecule has 1 unspecified atom stereocenters. The highest BCUT2D eigenvalue weighted by Gasteiger charge is 2.48. The molecule has 1 aliphatic rings. The van der Waals surface area contributed by atoms with Gasteiger partial charge in [-0.3, -0.25) is 9.78 Å². The highest BCUT2D eigenvalue weighted by molar-refractivity contribution is 7.91. The molecule has 0 aliphatic carbocycles. The highest BCUT2D eigenvalue weighted by Crippen LogP contribution is 2.35. The summed E-state index contributed by atoms with van der Waals surface area (Å²) in [5.41, 5.74) is 0.225. The van der Waals surface area contributed by atoms with Crippen molar-refractivity contribution >= 4 is 15.8 Å². The van der Waals surface area contributed by atoms with E-state index in [1.807, 2.05) is 13.0 Å². The molecule has 1 N–H and O–H groups in total. The Morgan fingerprint density at radius 2 is 2.22 bits per heavy atom. The Labute approximate surface area is 106 Å². The van der Waals surface area contributed by atoms with Crippen LogP contribution in [-0.4, -0.2) is 36.0 Å². The predicted octanol–water partition coefficient (Wildman–Crippen LogP) is 0.822. The number of hydrogen-bond donors (Lipinski definition) is 1. The summed E-state index contributed by atoms with van der Waals surface area (Å²) in [5.74, 6) is -1.39. The summed E-state index contributed by atoms with van der Waals surface area (Å²) >= 11 is 0. The van der Waals surface area contributed by atoms with Crippen LogP contribution in [0.5, 0.6) is 0 Å². The van der Waals surface area contributed by atoms with Gasteiger partial charge in [-0.1, -0.05) is 6.07 Å². The van der Waals surface area contributed by atoms with E-state index >= 15 is 0 Å². The number of carboxylic acid groups (broad SMARTS) is 1. The van der Waals surface area contributed by atoms with Gasteiger partial charge in [0.2, 0.25) is 0 Å². The lowest BCUT2D eigenvalue weighted by atomic mass is 9.83. The van der Waals surface area contributed by atoms with Gasteiger partial charge in [-0.05, 0) is 25.5 Å². The lowest BCUT2D eigenvalue weighted by Gasteiger charge is -2.21. The molecule has 1 saturated heterocycles. The molecule has 98 valence electrons. The van der Waals surface area contributed by atoms with Crippen molar-refractivity contribution in [2.45, 2.75) is 19.8 Å². The Morgan fingerprint density at radius 1 is 1.50 bits per heavy atom. The molecule has 0 spiro atoms. The second-order valence-corrected chi connectivity index (χ2v) is 7.06. The number of aryl methyl sites for hydroxylation is 1. The number of pyridine rings is 1. The van der Waals surface area contributed by atoms with Crippen LogP contribution < -0.4 is 0 Å². The van der Waals surface area contributed by atoms with E-state index in [0.29, 0.717) is 5.69 Å². The first-order valence-electron chi connectivity index (χ1n) is 5.69. The Kier molecular flexibility index (Phi) is 3.14. The van der Waals surface area contributed by atoms with Crippen LogP contribution in [-0.2, 0) is 21.1 Å². The van der Waals surface area contributed by atoms with Gasteiger partial charge in [-0.15, -0.1) is 0 Å². The number of aromatic nitrogens is 1. The van der Waals surface area contributed by atoms with Crippen molar-refractivity contribution in [1.82, 2.24) is 4.98 Å². The van der Waals surface area contributed by atoms with Gasteiger partial charge >= 0.3 is 5.97 Å². The Hall–Kier alpha value is -1.43. The van der Waals surface area contributed by atoms with Crippen molar-refractivity contribution in [3.63, 3.8) is 0 Å². The number of aliphatic carboxylic acids is 1. The fourth-order valence-electron chi connectivity index (χ4n) is 2.34. The summed E-state index contributed by atoms with van der Waals surface area (Å²) in [6.07, 6.45) is 0.337. The average Bonchev–Trinajstić information content (AvgIpc) is 2.55. The monoisotopic (exact) mass is 269 g/mol. The van der Waals surface area contributed by atoms with E-state index in [1.165, 1.54) is 0 Å². The lowest BCUT2D eigenvalue weighted by Crippen LogP contribution is -2.35. The molecule has 2 heterocycles. The zero-order valence-electron chi connectivity index (χ0n) is 10.1. The Bertz CT molecular complexity index is 581. The standard InChI is InChI=1S/C12H15NO4S/c1-9-3-2-4-10(13-9)7-12(11(14)15)5-6-18(16,17)8-12/h2-4H,5-8H2,1H3,(H,14,15). The van der Waals surface area contributed by atoms with Crippen molar-refractivity contribution in [2.24, 2.45) is 5.41 Å². The van der Waals surface area contributed by atoms with E-state index in [-0.39, 0.29) is 24.3 Å². The maximum absolute atomic E-state index is 11.5. The summed E-state index contributed by atoms with van der Waals surface area (Å²) in [7, 11) is -3.24. The molecule has 1 aliphatic heterocycles. The predicted molar refractivity (Wildman–Crippen MR) is 66.0 cm³/mol. The van der Waals surface area contributed by atoms with Gasteiger partial charge in [-0.2, -0.15) is 0 Å². The number of rotatable bonds is 3. The van der Waals surface area contributed by atoms with E-state index in [1.54, 1.807) is 12.1 Å². The molecule has 1 aromatic heterocycles. The van der Waals surface area contributed by atoms with Gasteiger partial charge in [0.15, 0.2) is 9.84 Å². The molecular formula is C12H15NO4S. The van der Waals surface area contributed by atoms with Crippen molar-refractivity contribution < 1.29 is 18.3 Å². The number of nitrogens with zero attached hydrogens (tertiary/aromatic N) is 1. The quantitative estimate of drug-likeness (QED) is 0.878. The molecule has 5 nitrogen and oxygen atoms in total. The smallest absolute Gasteiger partial charge is 0.311 e. The van der Waals surface area contributed by atoms with Gasteiger partial charge in [0.25, 0.3) is 0 Å². The third kappa shape index (κ3) is 2.53. The first-order valence-corrected chi connectivity index (χ1v) is 7.52. The molecule has 1 atom stereocenters. The van der Waals surface area contributed by atoms with Gasteiger partial charge in [0.05, 0.1) is 16.9 Å². The summed E-state index contributed by atoms with van der Waals surface area (Å²) in [6.45, 7) is 1.82. The maximum atomic E-state index is 11.5. The van der Waals surface area contributed by atoms with Crippen LogP contribution in [0.25, 0.3) is 0 Å². The van der Waals surface area contributed by atoms with Crippen molar-refractivity contribution in [2.75, 3.05) is 11.5 Å². The van der Waals surface area contributed by atoms with Gasteiger partial charge < -0.3 is 5.11 Å². The fraction of sp³-hybridized carbons (Fsp3) is 0.500. The molecule has 1 aromatic rings. The van der Waals surface area contributed by atoms with E-state index in [2.05, 4.69) is 4.98 Å². The Balaban J connectivity index is 2.31. The topological polar surface area (TPSA) is 84.3 Å². The van der Waals surface area contributed by atoms with Crippen LogP contribution >= 0.6 is 0 Å². The number of hydrogen-bond acceptors (Lipinski definition) is 4. The minimum absolute atomic E-state index is 0.0505. The SMILES string of the molecule is Cc1cccc(CC2(C(=O)O)CCS(=O)(=O)C2)n1. The van der Waals surface area contributed by atoms with Crippen LogP contribution in [0.15, 0.2) is 18.2 Å². The summed E-state index contributed by atoms with van der Waals surface area (Å²) in [5, 5.41) is 9.33. The van der Waals surface area contributed by atoms with E-state index < -0.39 is 21.2 Å². The fourth-order valence-corrected chi connectivity index (χ4v) is 4.40. The zero-order chi connectivity index (χ0) is 13.4. The first-order chi connectivity index (χ1) is 8.33. The third-order valence-corrected chi connectivity index (χ3v) is 5.13. The molecule has 6 heteroatoms. The molecule has 1 fully saturated rings. The minimum Gasteiger partial charge on any atom is -0.481 e. The van der Waals surface area contributed by atoms with E-state index in [9.17, 15) is 18.3 Å². The van der Waals surface area contributed by atoms with Gasteiger partial charge in [-0.25, -0.2) is 8.42 Å². The average molecular weight is 269 g/mol. The maximum Gasteiger partial charge on any atom is 0.311 e. The Morgan fingerprint density at radius 3 is 2.72 bits per heavy atom. The zero-order valence-corrected chi connectivity index (χ0v) is 10.9. The largest absolute Gasteiger partial charge is 0.481 e. The second kappa shape index (κ2) is 4.35. The molecule has 18 heavy (non-hydrogen) atoms. The van der Waals surface area contributed by atoms with Crippen LogP contribution in [0.1, 0.15) is 17.8 Å². The van der Waals surface area contributed by atoms with Crippen LogP contribution in [0.3, 0.4) is 0 Å². The van der Waals surface area contributed by atoms with Gasteiger partial charge in [0, 0.05) is 17.8 Å². The number of carbonyl (C=O) groups is 1. The number of sulfone groups is 1. The molecule has 0 aromatic carbocycles. The molecule has 2 rings (SSSR count). The highest BCUT2D eigenvalue weighted by atomic mass is 32.2. The van der Waals surface area contributed by atoms with Crippen molar-refractivity contribution in [3.05, 3.63) is 29.6 Å². The van der Waals surface area contributed by atoms with Crippen LogP contribution in [0.4, 0.5) is 0 Å². The lowest BCUT2D eigenvalue weighted by molar-refractivity contribution is -0.147. The van der Waals surface area contributed by atoms with E-state index in [4.69, 9.17) is 0 Å². The molecule has 0 bridgehead atoms. The van der Waals surface area contributed by atoms with Crippen molar-refractivity contribution in [3.8, 4) is 0 Å². The summed E-state index contributed by atoms with van der Waals surface area (Å²) < 4.78 is 23.0. The molecule has 0 amide bonds. The molecular weight excluding hydrogens is 254 g/mol. The van der Waals surface area contributed by atoms with Crippen LogP contribution in [0.2, 0.25) is 0 Å². The molecule has 0 saturated carbocycles. The minimum atomic E-state index is -3.24. The van der Waals surface area contributed by atoms with Gasteiger partial charge in [0.1, 0.15) is 0 Å².